The molecule has 0 N–H and O–H groups in total. The number of hydrogen-bond acceptors (Lipinski definition) is 6. The zero-order valence-electron chi connectivity index (χ0n) is 21.4. The van der Waals surface area contributed by atoms with Crippen molar-refractivity contribution in [1.29, 1.82) is 0 Å². The van der Waals surface area contributed by atoms with Gasteiger partial charge in [-0.25, -0.2) is 4.79 Å². The second-order valence-electron chi connectivity index (χ2n) is 10.2. The molecule has 2 heterocycles. The number of hydrogen-bond donors (Lipinski definition) is 0. The number of methoxy groups -OCH3 is 1. The lowest BCUT2D eigenvalue weighted by Gasteiger charge is -2.38. The summed E-state index contributed by atoms with van der Waals surface area (Å²) in [6.45, 7) is 20.3. The Morgan fingerprint density at radius 2 is 1.69 bits per heavy atom. The standard InChI is InChI=1S/C22H34N2O3S.C3H8O/c1-15-19(26-15)18-16(9-8-10-17(18)28-22(5,6)7)23-11-13-24(14-12-23)20(25)27-21(2,3)4;1-3-4-2/h8-10,15,19H,11-14H2,1-7H3;3H2,1-2H3. The number of carbonyl (C=O) groups is 1. The lowest BCUT2D eigenvalue weighted by molar-refractivity contribution is 0.0240. The van der Waals surface area contributed by atoms with Crippen molar-refractivity contribution >= 4 is 23.5 Å². The maximum atomic E-state index is 12.4. The Balaban J connectivity index is 0.000000837. The van der Waals surface area contributed by atoms with E-state index in [4.69, 9.17) is 9.47 Å². The zero-order chi connectivity index (χ0) is 24.1. The van der Waals surface area contributed by atoms with Crippen LogP contribution in [0.4, 0.5) is 10.5 Å². The van der Waals surface area contributed by atoms with Gasteiger partial charge in [-0.15, -0.1) is 11.8 Å². The van der Waals surface area contributed by atoms with Gasteiger partial charge in [-0.3, -0.25) is 0 Å². The molecule has 2 aliphatic heterocycles. The molecule has 6 nitrogen and oxygen atoms in total. The lowest BCUT2D eigenvalue weighted by Crippen LogP contribution is -2.50. The Bertz CT molecular complexity index is 747. The maximum absolute atomic E-state index is 12.4. The van der Waals surface area contributed by atoms with Crippen LogP contribution in [0.1, 0.15) is 67.1 Å². The Kier molecular flexibility index (Phi) is 9.32. The van der Waals surface area contributed by atoms with E-state index in [-0.39, 0.29) is 23.0 Å². The SMILES string of the molecule is CC1OC1c1c(SC(C)(C)C)cccc1N1CCN(C(=O)OC(C)(C)C)CC1.CCOC. The number of ether oxygens (including phenoxy) is 3. The number of anilines is 1. The highest BCUT2D eigenvalue weighted by molar-refractivity contribution is 8.00. The van der Waals surface area contributed by atoms with Crippen LogP contribution < -0.4 is 4.90 Å². The van der Waals surface area contributed by atoms with Crippen molar-refractivity contribution in [3.05, 3.63) is 23.8 Å². The third-order valence-electron chi connectivity index (χ3n) is 5.02. The van der Waals surface area contributed by atoms with E-state index in [2.05, 4.69) is 55.5 Å². The third-order valence-corrected chi connectivity index (χ3v) is 6.20. The van der Waals surface area contributed by atoms with E-state index < -0.39 is 5.60 Å². The number of epoxide rings is 1. The molecule has 2 fully saturated rings. The van der Waals surface area contributed by atoms with Crippen molar-refractivity contribution < 1.29 is 19.0 Å². The highest BCUT2D eigenvalue weighted by atomic mass is 32.2. The smallest absolute Gasteiger partial charge is 0.410 e. The van der Waals surface area contributed by atoms with Gasteiger partial charge in [-0.2, -0.15) is 0 Å². The summed E-state index contributed by atoms with van der Waals surface area (Å²) >= 11 is 1.90. The summed E-state index contributed by atoms with van der Waals surface area (Å²) in [5, 5.41) is 0. The molecule has 2 unspecified atom stereocenters. The Hall–Kier alpha value is -1.44. The normalized spacial score (nSPS) is 21.0. The number of nitrogens with zero attached hydrogens (tertiary/aromatic N) is 2. The monoisotopic (exact) mass is 466 g/mol. The number of benzene rings is 1. The average molecular weight is 467 g/mol. The van der Waals surface area contributed by atoms with Gasteiger partial charge in [0.25, 0.3) is 0 Å². The first-order valence-corrected chi connectivity index (χ1v) is 12.4. The first-order valence-electron chi connectivity index (χ1n) is 11.6. The van der Waals surface area contributed by atoms with E-state index in [1.807, 2.05) is 44.4 Å². The number of piperazine rings is 1. The van der Waals surface area contributed by atoms with Gasteiger partial charge in [0.1, 0.15) is 11.7 Å². The molecule has 0 radical (unpaired) electrons. The molecule has 0 spiro atoms. The van der Waals surface area contributed by atoms with Gasteiger partial charge >= 0.3 is 6.09 Å². The van der Waals surface area contributed by atoms with Crippen LogP contribution in [0.5, 0.6) is 0 Å². The second kappa shape index (κ2) is 11.1. The fraction of sp³-hybridized carbons (Fsp3) is 0.720. The summed E-state index contributed by atoms with van der Waals surface area (Å²) in [6.07, 6.45) is 0.219. The van der Waals surface area contributed by atoms with Crippen LogP contribution in [0.2, 0.25) is 0 Å². The van der Waals surface area contributed by atoms with Gasteiger partial charge in [0.15, 0.2) is 0 Å². The first kappa shape index (κ1) is 26.8. The summed E-state index contributed by atoms with van der Waals surface area (Å²) in [4.78, 5) is 17.9. The minimum Gasteiger partial charge on any atom is -0.444 e. The van der Waals surface area contributed by atoms with Crippen molar-refractivity contribution in [3.8, 4) is 0 Å². The van der Waals surface area contributed by atoms with Gasteiger partial charge < -0.3 is 24.0 Å². The summed E-state index contributed by atoms with van der Waals surface area (Å²) in [5.74, 6) is 0. The van der Waals surface area contributed by atoms with E-state index in [1.165, 1.54) is 16.1 Å². The van der Waals surface area contributed by atoms with E-state index in [0.29, 0.717) is 13.1 Å². The van der Waals surface area contributed by atoms with Crippen LogP contribution in [-0.2, 0) is 14.2 Å². The van der Waals surface area contributed by atoms with Gasteiger partial charge in [0, 0.05) is 60.8 Å². The number of carbonyl (C=O) groups excluding carboxylic acids is 1. The fourth-order valence-electron chi connectivity index (χ4n) is 3.46. The van der Waals surface area contributed by atoms with E-state index in [0.717, 1.165) is 19.7 Å². The van der Waals surface area contributed by atoms with E-state index in [1.54, 1.807) is 7.11 Å². The predicted molar refractivity (Wildman–Crippen MR) is 133 cm³/mol. The summed E-state index contributed by atoms with van der Waals surface area (Å²) in [6, 6.07) is 6.54. The van der Waals surface area contributed by atoms with E-state index >= 15 is 0 Å². The molecule has 2 aliphatic rings. The molecule has 0 saturated carbocycles. The van der Waals surface area contributed by atoms with Crippen LogP contribution >= 0.6 is 11.8 Å². The molecule has 0 aromatic heterocycles. The number of rotatable bonds is 4. The van der Waals surface area contributed by atoms with Gasteiger partial charge in [-0.05, 0) is 46.8 Å². The van der Waals surface area contributed by atoms with Crippen molar-refractivity contribution in [3.63, 3.8) is 0 Å². The van der Waals surface area contributed by atoms with Crippen LogP contribution in [0, 0.1) is 0 Å². The molecule has 1 aromatic rings. The highest BCUT2D eigenvalue weighted by Gasteiger charge is 2.41. The molecule has 1 aromatic carbocycles. The molecule has 2 saturated heterocycles. The van der Waals surface area contributed by atoms with Crippen LogP contribution in [0.15, 0.2) is 23.1 Å². The maximum Gasteiger partial charge on any atom is 0.410 e. The Labute approximate surface area is 199 Å². The summed E-state index contributed by atoms with van der Waals surface area (Å²) < 4.78 is 16.1. The van der Waals surface area contributed by atoms with Crippen LogP contribution in [-0.4, -0.2) is 67.3 Å². The molecule has 3 rings (SSSR count). The molecule has 7 heteroatoms. The molecule has 0 aliphatic carbocycles. The molecule has 32 heavy (non-hydrogen) atoms. The minimum atomic E-state index is -0.459. The predicted octanol–water partition coefficient (Wildman–Crippen LogP) is 5.75. The molecule has 2 atom stereocenters. The largest absolute Gasteiger partial charge is 0.444 e. The highest BCUT2D eigenvalue weighted by Crippen LogP contribution is 2.49. The molecular formula is C25H42N2O4S. The van der Waals surface area contributed by atoms with Gasteiger partial charge in [0.05, 0.1) is 6.10 Å². The topological polar surface area (TPSA) is 54.5 Å². The lowest BCUT2D eigenvalue weighted by atomic mass is 10.1. The van der Waals surface area contributed by atoms with Crippen molar-refractivity contribution in [2.24, 2.45) is 0 Å². The number of amides is 1. The van der Waals surface area contributed by atoms with E-state index in [9.17, 15) is 4.79 Å². The van der Waals surface area contributed by atoms with Crippen LogP contribution in [0.3, 0.4) is 0 Å². The second-order valence-corrected chi connectivity index (χ2v) is 12.1. The third kappa shape index (κ3) is 8.16. The number of thioether (sulfide) groups is 1. The Morgan fingerprint density at radius 3 is 2.12 bits per heavy atom. The van der Waals surface area contributed by atoms with Gasteiger partial charge in [-0.1, -0.05) is 26.8 Å². The van der Waals surface area contributed by atoms with Crippen molar-refractivity contribution in [1.82, 2.24) is 4.90 Å². The average Bonchev–Trinajstić information content (AvgIpc) is 3.41. The van der Waals surface area contributed by atoms with Crippen molar-refractivity contribution in [2.75, 3.05) is 44.8 Å². The molecule has 1 amide bonds. The summed E-state index contributed by atoms with van der Waals surface area (Å²) in [5.41, 5.74) is 2.09. The quantitative estimate of drug-likeness (QED) is 0.416. The molecule has 182 valence electrons. The van der Waals surface area contributed by atoms with Crippen molar-refractivity contribution in [2.45, 2.75) is 82.8 Å². The molecular weight excluding hydrogens is 424 g/mol. The fourth-order valence-corrected chi connectivity index (χ4v) is 4.60. The molecule has 0 bridgehead atoms. The zero-order valence-corrected chi connectivity index (χ0v) is 22.2. The van der Waals surface area contributed by atoms with Crippen LogP contribution in [0.25, 0.3) is 0 Å². The first-order chi connectivity index (χ1) is 14.9. The van der Waals surface area contributed by atoms with Gasteiger partial charge in [0.2, 0.25) is 0 Å². The minimum absolute atomic E-state index is 0.140. The Morgan fingerprint density at radius 1 is 1.12 bits per heavy atom. The summed E-state index contributed by atoms with van der Waals surface area (Å²) in [7, 11) is 1.68.